The summed E-state index contributed by atoms with van der Waals surface area (Å²) >= 11 is 0. The van der Waals surface area contributed by atoms with Gasteiger partial charge in [-0.25, -0.2) is 0 Å². The van der Waals surface area contributed by atoms with E-state index in [1.807, 2.05) is 0 Å². The van der Waals surface area contributed by atoms with E-state index in [1.165, 1.54) is 180 Å². The number of allylic oxidation sites excluding steroid dienone is 14. The first-order chi connectivity index (χ1) is 38.0. The van der Waals surface area contributed by atoms with Crippen molar-refractivity contribution in [2.45, 2.75) is 335 Å². The summed E-state index contributed by atoms with van der Waals surface area (Å²) in [5, 5.41) is 0. The molecular weight excluding hydrogens is 949 g/mol. The van der Waals surface area contributed by atoms with E-state index in [1.54, 1.807) is 0 Å². The topological polar surface area (TPSA) is 78.9 Å². The minimum Gasteiger partial charge on any atom is -0.462 e. The van der Waals surface area contributed by atoms with Gasteiger partial charge in [0.05, 0.1) is 0 Å². The van der Waals surface area contributed by atoms with Gasteiger partial charge >= 0.3 is 17.9 Å². The van der Waals surface area contributed by atoms with Crippen molar-refractivity contribution in [3.05, 3.63) is 85.1 Å². The molecule has 1 unspecified atom stereocenters. The Balaban J connectivity index is 4.31. The number of ether oxygens (including phenoxy) is 3. The van der Waals surface area contributed by atoms with E-state index < -0.39 is 6.10 Å². The zero-order valence-corrected chi connectivity index (χ0v) is 51.0. The van der Waals surface area contributed by atoms with Gasteiger partial charge in [0.25, 0.3) is 0 Å². The first-order valence-electron chi connectivity index (χ1n) is 33.1. The third kappa shape index (κ3) is 63.3. The molecule has 1 atom stereocenters. The number of carbonyl (C=O) groups is 3. The van der Waals surface area contributed by atoms with E-state index in [-0.39, 0.29) is 31.1 Å². The van der Waals surface area contributed by atoms with Crippen LogP contribution in [0.25, 0.3) is 0 Å². The Labute approximate surface area is 477 Å². The van der Waals surface area contributed by atoms with Crippen molar-refractivity contribution in [3.63, 3.8) is 0 Å². The highest BCUT2D eigenvalue weighted by molar-refractivity contribution is 5.71. The van der Waals surface area contributed by atoms with Crippen molar-refractivity contribution in [1.29, 1.82) is 0 Å². The highest BCUT2D eigenvalue weighted by atomic mass is 16.6. The second-order valence-corrected chi connectivity index (χ2v) is 22.0. The van der Waals surface area contributed by atoms with E-state index >= 15 is 0 Å². The number of carbonyl (C=O) groups excluding carboxylic acids is 3. The molecule has 0 fully saturated rings. The maximum atomic E-state index is 12.9. The van der Waals surface area contributed by atoms with Gasteiger partial charge in [0, 0.05) is 19.3 Å². The van der Waals surface area contributed by atoms with E-state index in [9.17, 15) is 14.4 Å². The highest BCUT2D eigenvalue weighted by Gasteiger charge is 2.19. The molecule has 0 aliphatic heterocycles. The fraction of sp³-hybridized carbons (Fsp3) is 0.761. The maximum absolute atomic E-state index is 12.9. The van der Waals surface area contributed by atoms with Crippen molar-refractivity contribution in [2.75, 3.05) is 13.2 Å². The first kappa shape index (κ1) is 73.6. The summed E-state index contributed by atoms with van der Waals surface area (Å²) in [6.07, 6.45) is 85.9. The molecule has 6 heteroatoms. The number of esters is 3. The fourth-order valence-corrected chi connectivity index (χ4v) is 9.40. The molecule has 0 saturated heterocycles. The first-order valence-corrected chi connectivity index (χ1v) is 33.1. The van der Waals surface area contributed by atoms with Gasteiger partial charge in [-0.15, -0.1) is 0 Å². The Kier molecular flexibility index (Phi) is 62.2. The van der Waals surface area contributed by atoms with Crippen LogP contribution in [0.4, 0.5) is 0 Å². The fourth-order valence-electron chi connectivity index (χ4n) is 9.40. The minimum absolute atomic E-state index is 0.0835. The zero-order chi connectivity index (χ0) is 55.7. The summed E-state index contributed by atoms with van der Waals surface area (Å²) in [5.41, 5.74) is 0. The highest BCUT2D eigenvalue weighted by Crippen LogP contribution is 2.16. The lowest BCUT2D eigenvalue weighted by atomic mass is 10.0. The van der Waals surface area contributed by atoms with Crippen LogP contribution in [0.1, 0.15) is 329 Å². The third-order valence-electron chi connectivity index (χ3n) is 14.4. The molecule has 77 heavy (non-hydrogen) atoms. The Morgan fingerprint density at radius 1 is 0.273 bits per heavy atom. The molecule has 0 heterocycles. The van der Waals surface area contributed by atoms with Gasteiger partial charge in [-0.3, -0.25) is 14.4 Å². The second-order valence-electron chi connectivity index (χ2n) is 22.0. The van der Waals surface area contributed by atoms with Crippen molar-refractivity contribution < 1.29 is 28.6 Å². The SMILES string of the molecule is CC/C=C\C/C=C\C/C=C\CCCCCCCC(=O)OCC(COC(=O)CCCCCCCCCCCCCC/C=C\C/C=C\C/C=C\CCCCCCC)OC(=O)CCCCCCCCC/C=C\CCCCCCCC. The van der Waals surface area contributed by atoms with Gasteiger partial charge in [-0.1, -0.05) is 279 Å². The Hall–Kier alpha value is -3.41. The summed E-state index contributed by atoms with van der Waals surface area (Å²) in [7, 11) is 0. The van der Waals surface area contributed by atoms with Crippen molar-refractivity contribution in [1.82, 2.24) is 0 Å². The average Bonchev–Trinajstić information content (AvgIpc) is 3.43. The molecule has 0 spiro atoms. The molecule has 0 aromatic carbocycles. The van der Waals surface area contributed by atoms with Crippen molar-refractivity contribution in [2.24, 2.45) is 0 Å². The van der Waals surface area contributed by atoms with Crippen molar-refractivity contribution >= 4 is 17.9 Å². The number of unbranched alkanes of at least 4 members (excludes halogenated alkanes) is 35. The monoisotopic (exact) mass is 1070 g/mol. The van der Waals surface area contributed by atoms with Crippen LogP contribution in [0.2, 0.25) is 0 Å². The third-order valence-corrected chi connectivity index (χ3v) is 14.4. The van der Waals surface area contributed by atoms with Crippen LogP contribution >= 0.6 is 0 Å². The number of hydrogen-bond acceptors (Lipinski definition) is 6. The van der Waals surface area contributed by atoms with Crippen LogP contribution in [0.5, 0.6) is 0 Å². The van der Waals surface area contributed by atoms with Gasteiger partial charge in [0.15, 0.2) is 6.10 Å². The van der Waals surface area contributed by atoms with Crippen LogP contribution in [0.15, 0.2) is 85.1 Å². The predicted octanol–water partition coefficient (Wildman–Crippen LogP) is 22.7. The molecule has 0 bridgehead atoms. The van der Waals surface area contributed by atoms with Crippen LogP contribution < -0.4 is 0 Å². The average molecular weight is 1070 g/mol. The summed E-state index contributed by atoms with van der Waals surface area (Å²) in [6, 6.07) is 0. The molecule has 0 radical (unpaired) electrons. The molecule has 444 valence electrons. The van der Waals surface area contributed by atoms with Crippen LogP contribution in [0, 0.1) is 0 Å². The summed E-state index contributed by atoms with van der Waals surface area (Å²) in [4.78, 5) is 38.3. The lowest BCUT2D eigenvalue weighted by molar-refractivity contribution is -0.167. The molecule has 0 N–H and O–H groups in total. The number of hydrogen-bond donors (Lipinski definition) is 0. The zero-order valence-electron chi connectivity index (χ0n) is 51.0. The van der Waals surface area contributed by atoms with Crippen molar-refractivity contribution in [3.8, 4) is 0 Å². The molecule has 0 rings (SSSR count). The smallest absolute Gasteiger partial charge is 0.306 e. The molecule has 0 saturated carbocycles. The Morgan fingerprint density at radius 2 is 0.506 bits per heavy atom. The molecule has 6 nitrogen and oxygen atoms in total. The standard InChI is InChI=1S/C71H124O6/c1-4-7-10-13-16-19-22-25-28-30-31-32-33-34-35-36-37-38-39-41-43-46-49-52-55-58-61-64-70(73)76-67-68(66-75-69(72)63-60-57-54-51-48-45-42-27-24-21-18-15-12-9-6-3)77-71(74)65-62-59-56-53-50-47-44-40-29-26-23-20-17-14-11-8-5-2/h9,12,18,21-22,25-27,29-31,33-34,42,68H,4-8,10-11,13-17,19-20,23-24,28,32,35-41,43-67H2,1-3H3/b12-9-,21-18-,25-22-,29-26-,31-30-,34-33-,42-27-. The van der Waals surface area contributed by atoms with E-state index in [4.69, 9.17) is 14.2 Å². The summed E-state index contributed by atoms with van der Waals surface area (Å²) < 4.78 is 16.9. The van der Waals surface area contributed by atoms with E-state index in [0.717, 1.165) is 109 Å². The van der Waals surface area contributed by atoms with E-state index in [0.29, 0.717) is 19.3 Å². The Bertz CT molecular complexity index is 1470. The van der Waals surface area contributed by atoms with Crippen LogP contribution in [-0.2, 0) is 28.6 Å². The molecule has 0 aromatic heterocycles. The molecule has 0 aromatic rings. The normalized spacial score (nSPS) is 12.6. The largest absolute Gasteiger partial charge is 0.462 e. The molecule has 0 aliphatic rings. The predicted molar refractivity (Wildman–Crippen MR) is 334 cm³/mol. The maximum Gasteiger partial charge on any atom is 0.306 e. The van der Waals surface area contributed by atoms with Crippen LogP contribution in [0.3, 0.4) is 0 Å². The van der Waals surface area contributed by atoms with E-state index in [2.05, 4.69) is 106 Å². The van der Waals surface area contributed by atoms with Gasteiger partial charge in [0.1, 0.15) is 13.2 Å². The van der Waals surface area contributed by atoms with Crippen LogP contribution in [-0.4, -0.2) is 37.2 Å². The molecule has 0 amide bonds. The lowest BCUT2D eigenvalue weighted by Crippen LogP contribution is -2.30. The minimum atomic E-state index is -0.788. The molecule has 0 aliphatic carbocycles. The van der Waals surface area contributed by atoms with Gasteiger partial charge < -0.3 is 14.2 Å². The number of rotatable bonds is 60. The Morgan fingerprint density at radius 3 is 0.805 bits per heavy atom. The summed E-state index contributed by atoms with van der Waals surface area (Å²) in [5.74, 6) is -0.894. The quantitative estimate of drug-likeness (QED) is 0.0261. The van der Waals surface area contributed by atoms with Gasteiger partial charge in [0.2, 0.25) is 0 Å². The van der Waals surface area contributed by atoms with Gasteiger partial charge in [-0.2, -0.15) is 0 Å². The summed E-state index contributed by atoms with van der Waals surface area (Å²) in [6.45, 7) is 6.53. The second kappa shape index (κ2) is 65.1. The molecular formula is C71H124O6. The lowest BCUT2D eigenvalue weighted by Gasteiger charge is -2.18. The van der Waals surface area contributed by atoms with Gasteiger partial charge in [-0.05, 0) is 116 Å².